The fourth-order valence-corrected chi connectivity index (χ4v) is 5.12. The number of sulfonamides is 1. The lowest BCUT2D eigenvalue weighted by Crippen LogP contribution is -2.30. The van der Waals surface area contributed by atoms with E-state index < -0.39 is 10.0 Å². The average Bonchev–Trinajstić information content (AvgIpc) is 2.69. The lowest BCUT2D eigenvalue weighted by atomic mass is 9.93. The van der Waals surface area contributed by atoms with Crippen molar-refractivity contribution in [2.24, 2.45) is 5.41 Å². The Morgan fingerprint density at radius 2 is 2.11 bits per heavy atom. The lowest BCUT2D eigenvalue weighted by molar-refractivity contribution is 0.375. The Kier molecular flexibility index (Phi) is 4.31. The second kappa shape index (κ2) is 5.35. The van der Waals surface area contributed by atoms with Crippen LogP contribution >= 0.6 is 27.5 Å². The van der Waals surface area contributed by atoms with Gasteiger partial charge in [-0.05, 0) is 45.5 Å². The van der Waals surface area contributed by atoms with Crippen LogP contribution in [0, 0.1) is 5.41 Å². The summed E-state index contributed by atoms with van der Waals surface area (Å²) in [6.07, 6.45) is 0.892. The summed E-state index contributed by atoms with van der Waals surface area (Å²) in [6.45, 7) is 5.33. The zero-order valence-electron chi connectivity index (χ0n) is 11.0. The van der Waals surface area contributed by atoms with Crippen LogP contribution in [0.15, 0.2) is 27.6 Å². The molecule has 0 unspecified atom stereocenters. The molecule has 6 heteroatoms. The van der Waals surface area contributed by atoms with Gasteiger partial charge in [0.05, 0.1) is 4.90 Å². The van der Waals surface area contributed by atoms with E-state index in [1.807, 2.05) is 0 Å². The van der Waals surface area contributed by atoms with Crippen LogP contribution in [-0.4, -0.2) is 25.8 Å². The Hall–Kier alpha value is -0.100. The Labute approximate surface area is 128 Å². The van der Waals surface area contributed by atoms with E-state index in [2.05, 4.69) is 29.8 Å². The van der Waals surface area contributed by atoms with Gasteiger partial charge in [-0.2, -0.15) is 4.31 Å². The van der Waals surface area contributed by atoms with Crippen LogP contribution in [0.5, 0.6) is 0 Å². The second-order valence-electron chi connectivity index (χ2n) is 5.65. The van der Waals surface area contributed by atoms with Crippen LogP contribution in [0.25, 0.3) is 0 Å². The summed E-state index contributed by atoms with van der Waals surface area (Å²) in [4.78, 5) is 0.319. The molecule has 1 aliphatic rings. The van der Waals surface area contributed by atoms with Gasteiger partial charge in [-0.25, -0.2) is 8.42 Å². The van der Waals surface area contributed by atoms with Crippen LogP contribution in [0.3, 0.4) is 0 Å². The minimum Gasteiger partial charge on any atom is -0.207 e. The van der Waals surface area contributed by atoms with Crippen molar-refractivity contribution in [2.45, 2.75) is 31.0 Å². The molecule has 0 spiro atoms. The van der Waals surface area contributed by atoms with Crippen LogP contribution < -0.4 is 0 Å². The maximum Gasteiger partial charge on any atom is 0.244 e. The van der Waals surface area contributed by atoms with Crippen LogP contribution in [0.4, 0.5) is 0 Å². The number of halogens is 2. The molecule has 0 amide bonds. The number of benzene rings is 1. The van der Waals surface area contributed by atoms with Gasteiger partial charge in [-0.15, -0.1) is 11.6 Å². The highest BCUT2D eigenvalue weighted by molar-refractivity contribution is 9.10. The molecule has 0 aliphatic carbocycles. The lowest BCUT2D eigenvalue weighted by Gasteiger charge is -2.20. The Balaban J connectivity index is 2.35. The summed E-state index contributed by atoms with van der Waals surface area (Å²) < 4.78 is 27.4. The molecule has 3 nitrogen and oxygen atoms in total. The Morgan fingerprint density at radius 3 is 2.58 bits per heavy atom. The molecule has 2 rings (SSSR count). The fourth-order valence-electron chi connectivity index (χ4n) is 2.24. The quantitative estimate of drug-likeness (QED) is 0.766. The monoisotopic (exact) mass is 365 g/mol. The van der Waals surface area contributed by atoms with Gasteiger partial charge >= 0.3 is 0 Å². The molecule has 1 saturated heterocycles. The number of hydrogen-bond acceptors (Lipinski definition) is 2. The molecular formula is C13H17BrClNO2S. The minimum atomic E-state index is -3.42. The van der Waals surface area contributed by atoms with Crippen molar-refractivity contribution in [1.82, 2.24) is 4.31 Å². The van der Waals surface area contributed by atoms with E-state index >= 15 is 0 Å². The maximum atomic E-state index is 12.6. The number of nitrogens with zero attached hydrogens (tertiary/aromatic N) is 1. The smallest absolute Gasteiger partial charge is 0.207 e. The first-order chi connectivity index (χ1) is 8.76. The Bertz CT molecular complexity index is 586. The van der Waals surface area contributed by atoms with Gasteiger partial charge in [-0.1, -0.05) is 19.9 Å². The van der Waals surface area contributed by atoms with E-state index in [1.165, 1.54) is 0 Å². The van der Waals surface area contributed by atoms with Crippen LogP contribution in [0.1, 0.15) is 25.8 Å². The fraction of sp³-hybridized carbons (Fsp3) is 0.538. The largest absolute Gasteiger partial charge is 0.244 e. The number of hydrogen-bond donors (Lipinski definition) is 0. The van der Waals surface area contributed by atoms with Gasteiger partial charge in [0.2, 0.25) is 10.0 Å². The van der Waals surface area contributed by atoms with E-state index in [4.69, 9.17) is 11.6 Å². The van der Waals surface area contributed by atoms with E-state index in [-0.39, 0.29) is 5.41 Å². The highest BCUT2D eigenvalue weighted by atomic mass is 79.9. The van der Waals surface area contributed by atoms with E-state index in [9.17, 15) is 8.42 Å². The maximum absolute atomic E-state index is 12.6. The second-order valence-corrected chi connectivity index (χ2v) is 8.68. The van der Waals surface area contributed by atoms with Gasteiger partial charge < -0.3 is 0 Å². The molecule has 0 atom stereocenters. The molecule has 1 fully saturated rings. The minimum absolute atomic E-state index is 0.0512. The highest BCUT2D eigenvalue weighted by Crippen LogP contribution is 2.34. The normalized spacial score (nSPS) is 19.8. The van der Waals surface area contributed by atoms with Crippen molar-refractivity contribution in [3.63, 3.8) is 0 Å². The zero-order valence-corrected chi connectivity index (χ0v) is 14.1. The third-order valence-electron chi connectivity index (χ3n) is 3.41. The zero-order chi connectivity index (χ0) is 14.3. The molecule has 1 heterocycles. The molecule has 1 aliphatic heterocycles. The first-order valence-electron chi connectivity index (χ1n) is 6.11. The average molecular weight is 367 g/mol. The summed E-state index contributed by atoms with van der Waals surface area (Å²) >= 11 is 9.08. The summed E-state index contributed by atoms with van der Waals surface area (Å²) in [7, 11) is -3.42. The molecule has 0 N–H and O–H groups in total. The van der Waals surface area contributed by atoms with Gasteiger partial charge in [0, 0.05) is 23.4 Å². The molecule has 0 bridgehead atoms. The van der Waals surface area contributed by atoms with E-state index in [0.717, 1.165) is 12.0 Å². The van der Waals surface area contributed by atoms with Gasteiger partial charge in [0.15, 0.2) is 0 Å². The van der Waals surface area contributed by atoms with Crippen molar-refractivity contribution in [1.29, 1.82) is 0 Å². The van der Waals surface area contributed by atoms with Gasteiger partial charge in [-0.3, -0.25) is 0 Å². The number of alkyl halides is 1. The van der Waals surface area contributed by atoms with Gasteiger partial charge in [0.1, 0.15) is 0 Å². The van der Waals surface area contributed by atoms with Crippen molar-refractivity contribution in [3.05, 3.63) is 28.2 Å². The molecule has 0 aromatic heterocycles. The van der Waals surface area contributed by atoms with E-state index in [0.29, 0.717) is 28.3 Å². The Morgan fingerprint density at radius 1 is 1.42 bits per heavy atom. The third-order valence-corrected chi connectivity index (χ3v) is 6.54. The van der Waals surface area contributed by atoms with Crippen molar-refractivity contribution >= 4 is 37.6 Å². The van der Waals surface area contributed by atoms with E-state index in [1.54, 1.807) is 22.5 Å². The van der Waals surface area contributed by atoms with Crippen molar-refractivity contribution in [2.75, 3.05) is 13.1 Å². The highest BCUT2D eigenvalue weighted by Gasteiger charge is 2.37. The molecular weight excluding hydrogens is 350 g/mol. The van der Waals surface area contributed by atoms with Crippen molar-refractivity contribution in [3.8, 4) is 0 Å². The summed E-state index contributed by atoms with van der Waals surface area (Å²) in [6, 6.07) is 5.15. The topological polar surface area (TPSA) is 37.4 Å². The van der Waals surface area contributed by atoms with Crippen LogP contribution in [0.2, 0.25) is 0 Å². The third kappa shape index (κ3) is 3.15. The predicted octanol–water partition coefficient (Wildman–Crippen LogP) is 3.61. The first kappa shape index (κ1) is 15.3. The standard InChI is InChI=1S/C13H17BrClNO2S/c1-13(2)5-6-16(9-13)19(17,18)12-4-3-10(8-15)7-11(12)14/h3-4,7H,5-6,8-9H2,1-2H3. The molecule has 1 aromatic carbocycles. The van der Waals surface area contributed by atoms with Crippen LogP contribution in [-0.2, 0) is 15.9 Å². The molecule has 0 saturated carbocycles. The molecule has 1 aromatic rings. The SMILES string of the molecule is CC1(C)CCN(S(=O)(=O)c2ccc(CCl)cc2Br)C1. The predicted molar refractivity (Wildman–Crippen MR) is 80.9 cm³/mol. The number of rotatable bonds is 3. The summed E-state index contributed by atoms with van der Waals surface area (Å²) in [5, 5.41) is 0. The summed E-state index contributed by atoms with van der Waals surface area (Å²) in [5.74, 6) is 0.371. The first-order valence-corrected chi connectivity index (χ1v) is 8.88. The molecule has 0 radical (unpaired) electrons. The summed E-state index contributed by atoms with van der Waals surface area (Å²) in [5.41, 5.74) is 0.949. The van der Waals surface area contributed by atoms with Gasteiger partial charge in [0.25, 0.3) is 0 Å². The molecule has 106 valence electrons. The van der Waals surface area contributed by atoms with Crippen molar-refractivity contribution < 1.29 is 8.42 Å². The molecule has 19 heavy (non-hydrogen) atoms.